The molecule has 0 bridgehead atoms. The number of nitrogens with zero attached hydrogens (tertiary/aromatic N) is 2. The van der Waals surface area contributed by atoms with Crippen molar-refractivity contribution in [1.29, 1.82) is 5.26 Å². The molecule has 0 radical (unpaired) electrons. The Kier molecular flexibility index (Phi) is 3.71. The van der Waals surface area contributed by atoms with Crippen molar-refractivity contribution >= 4 is 22.5 Å². The maximum absolute atomic E-state index is 12.3. The van der Waals surface area contributed by atoms with E-state index < -0.39 is 5.41 Å². The largest absolute Gasteiger partial charge is 0.323 e. The predicted molar refractivity (Wildman–Crippen MR) is 79.1 cm³/mol. The second-order valence-corrected chi connectivity index (χ2v) is 5.08. The molecule has 20 heavy (non-hydrogen) atoms. The van der Waals surface area contributed by atoms with Crippen LogP contribution in [0.5, 0.6) is 0 Å². The molecule has 0 saturated heterocycles. The molecule has 1 atom stereocenters. The van der Waals surface area contributed by atoms with Crippen molar-refractivity contribution in [3.8, 4) is 6.07 Å². The van der Waals surface area contributed by atoms with E-state index in [-0.39, 0.29) is 5.91 Å². The third-order valence-corrected chi connectivity index (χ3v) is 3.56. The highest BCUT2D eigenvalue weighted by molar-refractivity contribution is 6.03. The smallest absolute Gasteiger partial charge is 0.244 e. The molecule has 2 aromatic rings. The van der Waals surface area contributed by atoms with Gasteiger partial charge in [0.15, 0.2) is 0 Å². The van der Waals surface area contributed by atoms with Crippen LogP contribution in [0.2, 0.25) is 0 Å². The fourth-order valence-electron chi connectivity index (χ4n) is 1.90. The summed E-state index contributed by atoms with van der Waals surface area (Å²) < 4.78 is 0. The lowest BCUT2D eigenvalue weighted by molar-refractivity contribution is -0.122. The number of hydrogen-bond acceptors (Lipinski definition) is 3. The van der Waals surface area contributed by atoms with Gasteiger partial charge >= 0.3 is 0 Å². The molecule has 1 aromatic heterocycles. The Balaban J connectivity index is 2.42. The normalized spacial score (nSPS) is 13.5. The van der Waals surface area contributed by atoms with Gasteiger partial charge in [0.1, 0.15) is 5.41 Å². The first-order chi connectivity index (χ1) is 9.50. The van der Waals surface area contributed by atoms with Gasteiger partial charge in [-0.05, 0) is 32.4 Å². The Morgan fingerprint density at radius 3 is 2.80 bits per heavy atom. The molecule has 2 rings (SSSR count). The van der Waals surface area contributed by atoms with Gasteiger partial charge < -0.3 is 5.32 Å². The van der Waals surface area contributed by atoms with Gasteiger partial charge in [0, 0.05) is 11.1 Å². The minimum absolute atomic E-state index is 0.293. The number of carbonyl (C=O) groups excluding carboxylic acids is 1. The fourth-order valence-corrected chi connectivity index (χ4v) is 1.90. The van der Waals surface area contributed by atoms with Gasteiger partial charge in [-0.3, -0.25) is 9.78 Å². The number of rotatable bonds is 3. The van der Waals surface area contributed by atoms with E-state index in [1.165, 1.54) is 0 Å². The molecule has 0 aliphatic carbocycles. The second kappa shape index (κ2) is 5.30. The fraction of sp³-hybridized carbons (Fsp3) is 0.312. The standard InChI is InChI=1S/C16H17N3O/c1-4-16(3,10-17)15(20)19-13-7-5-6-12-9-8-11(2)18-14(12)13/h5-9H,4H2,1-3H3,(H,19,20). The topological polar surface area (TPSA) is 65.8 Å². The molecule has 1 N–H and O–H groups in total. The van der Waals surface area contributed by atoms with Gasteiger partial charge in [-0.15, -0.1) is 0 Å². The number of aryl methyl sites for hydroxylation is 1. The van der Waals surface area contributed by atoms with Crippen molar-refractivity contribution in [2.75, 3.05) is 5.32 Å². The van der Waals surface area contributed by atoms with Crippen LogP contribution in [0.3, 0.4) is 0 Å². The number of nitrogens with one attached hydrogen (secondary N) is 1. The van der Waals surface area contributed by atoms with Crippen molar-refractivity contribution in [1.82, 2.24) is 4.98 Å². The summed E-state index contributed by atoms with van der Waals surface area (Å²) >= 11 is 0. The van der Waals surface area contributed by atoms with Crippen LogP contribution in [-0.2, 0) is 4.79 Å². The Hall–Kier alpha value is -2.41. The molecule has 4 nitrogen and oxygen atoms in total. The third-order valence-electron chi connectivity index (χ3n) is 3.56. The van der Waals surface area contributed by atoms with Gasteiger partial charge in [0.05, 0.1) is 17.3 Å². The number of aromatic nitrogens is 1. The molecular formula is C16H17N3O. The number of hydrogen-bond donors (Lipinski definition) is 1. The maximum atomic E-state index is 12.3. The highest BCUT2D eigenvalue weighted by atomic mass is 16.2. The zero-order valence-corrected chi connectivity index (χ0v) is 11.9. The number of carbonyl (C=O) groups is 1. The Morgan fingerprint density at radius 1 is 1.40 bits per heavy atom. The van der Waals surface area contributed by atoms with Crippen molar-refractivity contribution < 1.29 is 4.79 Å². The van der Waals surface area contributed by atoms with E-state index in [1.54, 1.807) is 13.0 Å². The summed E-state index contributed by atoms with van der Waals surface area (Å²) in [5.41, 5.74) is 1.26. The zero-order chi connectivity index (χ0) is 14.8. The Labute approximate surface area is 118 Å². The summed E-state index contributed by atoms with van der Waals surface area (Å²) in [7, 11) is 0. The molecule has 4 heteroatoms. The van der Waals surface area contributed by atoms with Gasteiger partial charge in [-0.1, -0.05) is 25.1 Å². The molecule has 1 amide bonds. The molecule has 0 aliphatic rings. The van der Waals surface area contributed by atoms with E-state index in [0.29, 0.717) is 12.1 Å². The van der Waals surface area contributed by atoms with Crippen LogP contribution in [0, 0.1) is 23.7 Å². The van der Waals surface area contributed by atoms with Gasteiger partial charge in [0.2, 0.25) is 5.91 Å². The Bertz CT molecular complexity index is 702. The Morgan fingerprint density at radius 2 is 2.15 bits per heavy atom. The molecule has 0 spiro atoms. The lowest BCUT2D eigenvalue weighted by atomic mass is 9.88. The lowest BCUT2D eigenvalue weighted by Crippen LogP contribution is -2.31. The average Bonchev–Trinajstić information content (AvgIpc) is 2.47. The lowest BCUT2D eigenvalue weighted by Gasteiger charge is -2.19. The summed E-state index contributed by atoms with van der Waals surface area (Å²) in [6.07, 6.45) is 0.465. The van der Waals surface area contributed by atoms with Crippen LogP contribution in [0.25, 0.3) is 10.9 Å². The summed E-state index contributed by atoms with van der Waals surface area (Å²) in [4.78, 5) is 16.7. The first kappa shape index (κ1) is 14.0. The highest BCUT2D eigenvalue weighted by Gasteiger charge is 2.31. The van der Waals surface area contributed by atoms with Crippen LogP contribution in [0.4, 0.5) is 5.69 Å². The van der Waals surface area contributed by atoms with Crippen molar-refractivity contribution in [2.45, 2.75) is 27.2 Å². The second-order valence-electron chi connectivity index (χ2n) is 5.08. The van der Waals surface area contributed by atoms with E-state index in [2.05, 4.69) is 16.4 Å². The number of para-hydroxylation sites is 1. The molecule has 0 aliphatic heterocycles. The molecule has 102 valence electrons. The molecule has 0 fully saturated rings. The van der Waals surface area contributed by atoms with E-state index in [9.17, 15) is 4.79 Å². The van der Waals surface area contributed by atoms with Gasteiger partial charge in [0.25, 0.3) is 0 Å². The van der Waals surface area contributed by atoms with E-state index in [4.69, 9.17) is 5.26 Å². The number of anilines is 1. The molecule has 0 saturated carbocycles. The first-order valence-electron chi connectivity index (χ1n) is 6.59. The number of benzene rings is 1. The van der Waals surface area contributed by atoms with Crippen molar-refractivity contribution in [2.24, 2.45) is 5.41 Å². The summed E-state index contributed by atoms with van der Waals surface area (Å²) in [6.45, 7) is 5.38. The van der Waals surface area contributed by atoms with Crippen LogP contribution >= 0.6 is 0 Å². The van der Waals surface area contributed by atoms with E-state index in [1.807, 2.05) is 38.1 Å². The highest BCUT2D eigenvalue weighted by Crippen LogP contribution is 2.26. The van der Waals surface area contributed by atoms with Crippen LogP contribution < -0.4 is 5.32 Å². The summed E-state index contributed by atoms with van der Waals surface area (Å²) in [6, 6.07) is 11.6. The van der Waals surface area contributed by atoms with E-state index in [0.717, 1.165) is 16.6 Å². The van der Waals surface area contributed by atoms with Crippen LogP contribution in [0.15, 0.2) is 30.3 Å². The van der Waals surface area contributed by atoms with Crippen LogP contribution in [0.1, 0.15) is 26.0 Å². The first-order valence-corrected chi connectivity index (χ1v) is 6.59. The number of nitriles is 1. The van der Waals surface area contributed by atoms with E-state index >= 15 is 0 Å². The zero-order valence-electron chi connectivity index (χ0n) is 11.9. The third kappa shape index (κ3) is 2.48. The summed E-state index contributed by atoms with van der Waals surface area (Å²) in [5.74, 6) is -0.293. The van der Waals surface area contributed by atoms with Crippen LogP contribution in [-0.4, -0.2) is 10.9 Å². The quantitative estimate of drug-likeness (QED) is 0.926. The number of pyridine rings is 1. The van der Waals surface area contributed by atoms with Crippen molar-refractivity contribution in [3.63, 3.8) is 0 Å². The SMILES string of the molecule is CCC(C)(C#N)C(=O)Nc1cccc2ccc(C)nc12. The predicted octanol–water partition coefficient (Wildman–Crippen LogP) is 3.42. The maximum Gasteiger partial charge on any atom is 0.244 e. The molecule has 1 heterocycles. The number of amides is 1. The average molecular weight is 267 g/mol. The van der Waals surface area contributed by atoms with Gasteiger partial charge in [-0.2, -0.15) is 5.26 Å². The summed E-state index contributed by atoms with van der Waals surface area (Å²) in [5, 5.41) is 13.0. The minimum atomic E-state index is -1.02. The molecular weight excluding hydrogens is 250 g/mol. The number of fused-ring (bicyclic) bond motifs is 1. The molecule has 1 unspecified atom stereocenters. The van der Waals surface area contributed by atoms with Gasteiger partial charge in [-0.25, -0.2) is 0 Å². The van der Waals surface area contributed by atoms with Crippen molar-refractivity contribution in [3.05, 3.63) is 36.0 Å². The monoisotopic (exact) mass is 267 g/mol. The minimum Gasteiger partial charge on any atom is -0.323 e. The molecule has 1 aromatic carbocycles.